The van der Waals surface area contributed by atoms with Crippen LogP contribution in [0.1, 0.15) is 32.8 Å². The van der Waals surface area contributed by atoms with Crippen molar-refractivity contribution in [1.82, 2.24) is 20.9 Å². The number of alkyl carbamates (subject to hydrolysis) is 1. The van der Waals surface area contributed by atoms with Gasteiger partial charge in [-0.2, -0.15) is 0 Å². The smallest absolute Gasteiger partial charge is 0.377 e. The third kappa shape index (κ3) is 7.13. The van der Waals surface area contributed by atoms with Crippen LogP contribution in [-0.2, 0) is 25.5 Å². The van der Waals surface area contributed by atoms with Gasteiger partial charge >= 0.3 is 12.1 Å². The number of amides is 3. The van der Waals surface area contributed by atoms with Gasteiger partial charge in [-0.05, 0) is 24.0 Å². The molecule has 9 heteroatoms. The number of likely N-dealkylation sites (N-methyl/N-ethyl adjacent to an activating group) is 1. The average molecular weight is 431 g/mol. The molecule has 9 nitrogen and oxygen atoms in total. The molecule has 3 amide bonds. The van der Waals surface area contributed by atoms with E-state index >= 15 is 0 Å². The van der Waals surface area contributed by atoms with Crippen molar-refractivity contribution in [2.75, 3.05) is 13.6 Å². The van der Waals surface area contributed by atoms with Crippen LogP contribution in [0.15, 0.2) is 30.5 Å². The Morgan fingerprint density at radius 1 is 1.10 bits per heavy atom. The van der Waals surface area contributed by atoms with Crippen LogP contribution in [0.4, 0.5) is 4.79 Å². The Balaban J connectivity index is 2.12. The lowest BCUT2D eigenvalue weighted by Crippen LogP contribution is -2.50. The van der Waals surface area contributed by atoms with E-state index in [2.05, 4.69) is 25.7 Å². The van der Waals surface area contributed by atoms with Crippen LogP contribution in [0.3, 0.4) is 0 Å². The number of H-pyrrole nitrogens is 1. The highest BCUT2D eigenvalue weighted by atomic mass is 16.6. The first-order chi connectivity index (χ1) is 14.7. The molecule has 0 spiro atoms. The topological polar surface area (TPSA) is 129 Å². The fourth-order valence-electron chi connectivity index (χ4n) is 3.42. The summed E-state index contributed by atoms with van der Waals surface area (Å²) in [7, 11) is 1.52. The molecule has 1 aromatic carbocycles. The Kier molecular flexibility index (Phi) is 8.60. The minimum absolute atomic E-state index is 0.0102. The molecule has 0 fully saturated rings. The van der Waals surface area contributed by atoms with Gasteiger partial charge in [-0.3, -0.25) is 14.4 Å². The highest BCUT2D eigenvalue weighted by molar-refractivity contribution is 5.90. The zero-order valence-corrected chi connectivity index (χ0v) is 18.3. The molecule has 0 bridgehead atoms. The zero-order valence-electron chi connectivity index (χ0n) is 18.3. The predicted molar refractivity (Wildman–Crippen MR) is 116 cm³/mol. The highest BCUT2D eigenvalue weighted by Crippen LogP contribution is 2.19. The van der Waals surface area contributed by atoms with Crippen LogP contribution < -0.4 is 16.0 Å². The maximum atomic E-state index is 13.0. The van der Waals surface area contributed by atoms with E-state index in [1.54, 1.807) is 0 Å². The molecule has 2 aromatic rings. The maximum Gasteiger partial charge on any atom is 0.414 e. The minimum Gasteiger partial charge on any atom is -0.377 e. The number of carbonyl (C=O) groups is 4. The SMILES string of the molecule is CNC(=O)[C@H](Cc1c[nH]c2ccccc12)NC(=O)C(CNC(=O)OC(C)=O)CC(C)C. The predicted octanol–water partition coefficient (Wildman–Crippen LogP) is 1.88. The molecular weight excluding hydrogens is 400 g/mol. The molecule has 2 atom stereocenters. The first-order valence-corrected chi connectivity index (χ1v) is 10.2. The van der Waals surface area contributed by atoms with E-state index in [0.717, 1.165) is 23.4 Å². The van der Waals surface area contributed by atoms with Crippen LogP contribution in [0.2, 0.25) is 0 Å². The molecule has 0 aliphatic carbocycles. The minimum atomic E-state index is -0.907. The molecule has 1 unspecified atom stereocenters. The molecule has 168 valence electrons. The highest BCUT2D eigenvalue weighted by Gasteiger charge is 2.27. The van der Waals surface area contributed by atoms with Crippen LogP contribution >= 0.6 is 0 Å². The molecular formula is C22H30N4O5. The number of rotatable bonds is 9. The van der Waals surface area contributed by atoms with Crippen molar-refractivity contribution in [3.05, 3.63) is 36.0 Å². The summed E-state index contributed by atoms with van der Waals surface area (Å²) in [6, 6.07) is 6.95. The molecule has 2 rings (SSSR count). The van der Waals surface area contributed by atoms with E-state index in [-0.39, 0.29) is 24.3 Å². The number of fused-ring (bicyclic) bond motifs is 1. The fourth-order valence-corrected chi connectivity index (χ4v) is 3.42. The number of nitrogens with one attached hydrogen (secondary N) is 4. The quantitative estimate of drug-likeness (QED) is 0.357. The second-order valence-corrected chi connectivity index (χ2v) is 7.83. The van der Waals surface area contributed by atoms with Crippen LogP contribution in [-0.4, -0.2) is 48.5 Å². The van der Waals surface area contributed by atoms with E-state index in [1.807, 2.05) is 44.3 Å². The van der Waals surface area contributed by atoms with Crippen molar-refractivity contribution in [2.24, 2.45) is 11.8 Å². The molecule has 0 saturated heterocycles. The van der Waals surface area contributed by atoms with Gasteiger partial charge in [0.15, 0.2) is 0 Å². The normalized spacial score (nSPS) is 12.8. The van der Waals surface area contributed by atoms with E-state index in [1.165, 1.54) is 7.05 Å². The van der Waals surface area contributed by atoms with E-state index in [4.69, 9.17) is 0 Å². The molecule has 0 saturated carbocycles. The fraction of sp³-hybridized carbons (Fsp3) is 0.455. The Hall–Kier alpha value is -3.36. The molecule has 1 heterocycles. The van der Waals surface area contributed by atoms with Crippen molar-refractivity contribution in [3.63, 3.8) is 0 Å². The van der Waals surface area contributed by atoms with Crippen molar-refractivity contribution >= 4 is 34.8 Å². The van der Waals surface area contributed by atoms with Crippen molar-refractivity contribution in [2.45, 2.75) is 39.7 Å². The van der Waals surface area contributed by atoms with E-state index < -0.39 is 24.0 Å². The van der Waals surface area contributed by atoms with Gasteiger partial charge < -0.3 is 25.7 Å². The van der Waals surface area contributed by atoms with Crippen molar-refractivity contribution < 1.29 is 23.9 Å². The first kappa shape index (κ1) is 23.9. The standard InChI is InChI=1S/C22H30N4O5/c1-13(2)9-16(12-25-22(30)31-14(3)27)20(28)26-19(21(29)23-4)10-15-11-24-18-8-6-5-7-17(15)18/h5-8,11,13,16,19,24H,9-10,12H2,1-4H3,(H,23,29)(H,25,30)(H,26,28)/t16?,19-/m0/s1. The summed E-state index contributed by atoms with van der Waals surface area (Å²) in [6.45, 7) is 5.02. The maximum absolute atomic E-state index is 13.0. The summed E-state index contributed by atoms with van der Waals surface area (Å²) >= 11 is 0. The molecule has 0 radical (unpaired) electrons. The van der Waals surface area contributed by atoms with Gasteiger partial charge in [-0.1, -0.05) is 32.0 Å². The molecule has 0 aliphatic rings. The Morgan fingerprint density at radius 3 is 2.45 bits per heavy atom. The number of aromatic amines is 1. The van der Waals surface area contributed by atoms with Gasteiger partial charge in [0.1, 0.15) is 6.04 Å². The monoisotopic (exact) mass is 430 g/mol. The summed E-state index contributed by atoms with van der Waals surface area (Å²) in [6.07, 6.45) is 1.72. The zero-order chi connectivity index (χ0) is 23.0. The van der Waals surface area contributed by atoms with Crippen LogP contribution in [0, 0.1) is 11.8 Å². The Labute approximate surface area is 181 Å². The summed E-state index contributed by atoms with van der Waals surface area (Å²) in [5.41, 5.74) is 1.86. The number of esters is 1. The van der Waals surface area contributed by atoms with Gasteiger partial charge in [0.2, 0.25) is 11.8 Å². The number of ether oxygens (including phenoxy) is 1. The summed E-state index contributed by atoms with van der Waals surface area (Å²) < 4.78 is 4.44. The summed E-state index contributed by atoms with van der Waals surface area (Å²) in [5.74, 6) is -1.82. The largest absolute Gasteiger partial charge is 0.414 e. The Morgan fingerprint density at radius 2 is 1.81 bits per heavy atom. The summed E-state index contributed by atoms with van der Waals surface area (Å²) in [5, 5.41) is 8.83. The van der Waals surface area contributed by atoms with Gasteiger partial charge in [0.05, 0.1) is 5.92 Å². The lowest BCUT2D eigenvalue weighted by atomic mass is 9.95. The van der Waals surface area contributed by atoms with Crippen molar-refractivity contribution in [1.29, 1.82) is 0 Å². The van der Waals surface area contributed by atoms with Gasteiger partial charge in [-0.25, -0.2) is 4.79 Å². The molecule has 1 aromatic heterocycles. The lowest BCUT2D eigenvalue weighted by molar-refractivity contribution is -0.134. The number of carbonyl (C=O) groups excluding carboxylic acids is 4. The van der Waals surface area contributed by atoms with Gasteiger partial charge in [0, 0.05) is 44.0 Å². The lowest BCUT2D eigenvalue weighted by Gasteiger charge is -2.23. The summed E-state index contributed by atoms with van der Waals surface area (Å²) in [4.78, 5) is 51.1. The second-order valence-electron chi connectivity index (χ2n) is 7.83. The molecule has 0 aliphatic heterocycles. The second kappa shape index (κ2) is 11.1. The van der Waals surface area contributed by atoms with Crippen LogP contribution in [0.5, 0.6) is 0 Å². The molecule has 31 heavy (non-hydrogen) atoms. The van der Waals surface area contributed by atoms with Gasteiger partial charge in [0.25, 0.3) is 0 Å². The third-order valence-electron chi connectivity index (χ3n) is 4.83. The molecule has 4 N–H and O–H groups in total. The number of benzene rings is 1. The van der Waals surface area contributed by atoms with Crippen molar-refractivity contribution in [3.8, 4) is 0 Å². The van der Waals surface area contributed by atoms with Gasteiger partial charge in [-0.15, -0.1) is 0 Å². The number of para-hydroxylation sites is 1. The number of hydrogen-bond donors (Lipinski definition) is 4. The third-order valence-corrected chi connectivity index (χ3v) is 4.83. The van der Waals surface area contributed by atoms with E-state index in [0.29, 0.717) is 12.8 Å². The number of aromatic nitrogens is 1. The first-order valence-electron chi connectivity index (χ1n) is 10.2. The average Bonchev–Trinajstić information content (AvgIpc) is 3.12. The number of hydrogen-bond acceptors (Lipinski definition) is 5. The van der Waals surface area contributed by atoms with E-state index in [9.17, 15) is 19.2 Å². The van der Waals surface area contributed by atoms with Crippen LogP contribution in [0.25, 0.3) is 10.9 Å². The Bertz CT molecular complexity index is 937.